The lowest BCUT2D eigenvalue weighted by molar-refractivity contribution is 0.0515. The minimum atomic E-state index is -0.222. The van der Waals surface area contributed by atoms with Gasteiger partial charge in [0.25, 0.3) is 0 Å². The minimum absolute atomic E-state index is 0.167. The van der Waals surface area contributed by atoms with Crippen molar-refractivity contribution >= 4 is 34.9 Å². The van der Waals surface area contributed by atoms with Crippen LogP contribution in [0.15, 0.2) is 30.3 Å². The Morgan fingerprint density at radius 1 is 1.00 bits per heavy atom. The van der Waals surface area contributed by atoms with E-state index in [4.69, 9.17) is 26.9 Å². The third-order valence-electron chi connectivity index (χ3n) is 8.51. The van der Waals surface area contributed by atoms with E-state index < -0.39 is 0 Å². The fraction of sp³-hybridized carbons (Fsp3) is 0.621. The second-order valence-electron chi connectivity index (χ2n) is 11.5. The van der Waals surface area contributed by atoms with Gasteiger partial charge in [-0.1, -0.05) is 26.0 Å². The number of rotatable bonds is 6. The summed E-state index contributed by atoms with van der Waals surface area (Å²) in [6.07, 6.45) is 6.50. The van der Waals surface area contributed by atoms with Crippen LogP contribution in [0.2, 0.25) is 0 Å². The molecule has 4 heterocycles. The maximum absolute atomic E-state index is 13.6. The van der Waals surface area contributed by atoms with Gasteiger partial charge in [0.2, 0.25) is 5.95 Å². The number of halogens is 1. The molecule has 1 aromatic carbocycles. The summed E-state index contributed by atoms with van der Waals surface area (Å²) in [5.74, 6) is 3.66. The largest absolute Gasteiger partial charge is 0.381 e. The number of nitrogens with one attached hydrogen (secondary N) is 2. The van der Waals surface area contributed by atoms with Gasteiger partial charge in [0, 0.05) is 57.4 Å². The highest BCUT2D eigenvalue weighted by Crippen LogP contribution is 2.34. The molecule has 7 nitrogen and oxygen atoms in total. The van der Waals surface area contributed by atoms with Crippen LogP contribution in [0.25, 0.3) is 0 Å². The number of aromatic nitrogens is 2. The van der Waals surface area contributed by atoms with Crippen molar-refractivity contribution in [2.75, 3.05) is 61.1 Å². The predicted octanol–water partition coefficient (Wildman–Crippen LogP) is 5.12. The maximum Gasteiger partial charge on any atom is 0.232 e. The van der Waals surface area contributed by atoms with Gasteiger partial charge in [0.05, 0.1) is 0 Å². The molecule has 0 bridgehead atoms. The molecule has 0 radical (unpaired) electrons. The Morgan fingerprint density at radius 3 is 2.37 bits per heavy atom. The molecule has 3 aliphatic heterocycles. The van der Waals surface area contributed by atoms with E-state index in [0.29, 0.717) is 36.7 Å². The summed E-state index contributed by atoms with van der Waals surface area (Å²) in [5, 5.41) is 7.22. The van der Waals surface area contributed by atoms with Crippen molar-refractivity contribution in [1.82, 2.24) is 15.3 Å². The molecule has 1 aromatic heterocycles. The quantitative estimate of drug-likeness (QED) is 0.490. The number of anilines is 3. The standard InChI is InChI=1S/C29H41FN6OS/c1-21-9-14-35(15-10-21)25-18-26(36-13-3-4-22(2)19-36)33-27(32-25)34-28(38)31-20-29(11-16-37-17-12-29)23-5-7-24(30)8-6-23/h5-8,18,21-22H,3-4,9-17,19-20H2,1-2H3,(H2,31,32,33,34,38)/t22-/m0/s1. The zero-order valence-electron chi connectivity index (χ0n) is 22.7. The molecule has 2 N–H and O–H groups in total. The molecule has 0 amide bonds. The third kappa shape index (κ3) is 6.54. The van der Waals surface area contributed by atoms with E-state index in [1.54, 1.807) is 0 Å². The van der Waals surface area contributed by atoms with Gasteiger partial charge in [-0.05, 0) is 80.3 Å². The first-order valence-electron chi connectivity index (χ1n) is 14.2. The van der Waals surface area contributed by atoms with Crippen LogP contribution < -0.4 is 20.4 Å². The Kier molecular flexibility index (Phi) is 8.63. The summed E-state index contributed by atoms with van der Waals surface area (Å²) >= 11 is 5.74. The van der Waals surface area contributed by atoms with Gasteiger partial charge in [-0.3, -0.25) is 0 Å². The Labute approximate surface area is 231 Å². The molecule has 0 aliphatic carbocycles. The highest BCUT2D eigenvalue weighted by Gasteiger charge is 2.34. The van der Waals surface area contributed by atoms with E-state index in [0.717, 1.165) is 62.1 Å². The monoisotopic (exact) mass is 540 g/mol. The zero-order chi connectivity index (χ0) is 26.5. The molecule has 3 fully saturated rings. The predicted molar refractivity (Wildman–Crippen MR) is 156 cm³/mol. The van der Waals surface area contributed by atoms with Crippen molar-refractivity contribution in [2.45, 2.75) is 57.8 Å². The van der Waals surface area contributed by atoms with Crippen molar-refractivity contribution < 1.29 is 9.13 Å². The van der Waals surface area contributed by atoms with Gasteiger partial charge in [-0.15, -0.1) is 0 Å². The van der Waals surface area contributed by atoms with Crippen molar-refractivity contribution in [3.05, 3.63) is 41.7 Å². The molecule has 206 valence electrons. The van der Waals surface area contributed by atoms with Gasteiger partial charge in [-0.25, -0.2) is 4.39 Å². The first-order chi connectivity index (χ1) is 18.4. The molecule has 1 atom stereocenters. The van der Waals surface area contributed by atoms with Crippen LogP contribution in [0.1, 0.15) is 57.9 Å². The topological polar surface area (TPSA) is 65.5 Å². The minimum Gasteiger partial charge on any atom is -0.381 e. The van der Waals surface area contributed by atoms with Crippen LogP contribution in [0.4, 0.5) is 22.0 Å². The average molecular weight is 541 g/mol. The van der Waals surface area contributed by atoms with Crippen molar-refractivity contribution in [3.63, 3.8) is 0 Å². The molecular formula is C29H41FN6OS. The summed E-state index contributed by atoms with van der Waals surface area (Å²) in [5.41, 5.74) is 0.941. The highest BCUT2D eigenvalue weighted by molar-refractivity contribution is 7.80. The van der Waals surface area contributed by atoms with Gasteiger partial charge in [0.15, 0.2) is 5.11 Å². The van der Waals surface area contributed by atoms with Crippen LogP contribution in [0.3, 0.4) is 0 Å². The van der Waals surface area contributed by atoms with Crippen molar-refractivity contribution in [2.24, 2.45) is 11.8 Å². The van der Waals surface area contributed by atoms with Crippen molar-refractivity contribution in [3.8, 4) is 0 Å². The van der Waals surface area contributed by atoms with Crippen LogP contribution >= 0.6 is 12.2 Å². The molecule has 0 saturated carbocycles. The van der Waals surface area contributed by atoms with Gasteiger partial charge in [-0.2, -0.15) is 9.97 Å². The second-order valence-corrected chi connectivity index (χ2v) is 11.9. The van der Waals surface area contributed by atoms with E-state index in [-0.39, 0.29) is 11.2 Å². The Bertz CT molecular complexity index is 1080. The maximum atomic E-state index is 13.6. The summed E-state index contributed by atoms with van der Waals surface area (Å²) < 4.78 is 19.3. The molecule has 38 heavy (non-hydrogen) atoms. The number of benzene rings is 1. The van der Waals surface area contributed by atoms with E-state index in [1.807, 2.05) is 12.1 Å². The zero-order valence-corrected chi connectivity index (χ0v) is 23.5. The Hall–Kier alpha value is -2.52. The number of nitrogens with zero attached hydrogens (tertiary/aromatic N) is 4. The molecular weight excluding hydrogens is 499 g/mol. The molecule has 0 spiro atoms. The van der Waals surface area contributed by atoms with Crippen molar-refractivity contribution in [1.29, 1.82) is 0 Å². The van der Waals surface area contributed by atoms with E-state index >= 15 is 0 Å². The first-order valence-corrected chi connectivity index (χ1v) is 14.6. The fourth-order valence-corrected chi connectivity index (χ4v) is 6.13. The highest BCUT2D eigenvalue weighted by atomic mass is 32.1. The third-order valence-corrected chi connectivity index (χ3v) is 8.75. The number of hydrogen-bond donors (Lipinski definition) is 2. The van der Waals surface area contributed by atoms with Gasteiger partial charge < -0.3 is 25.2 Å². The molecule has 3 saturated heterocycles. The molecule has 5 rings (SSSR count). The smallest absolute Gasteiger partial charge is 0.232 e. The number of piperidine rings is 2. The molecule has 2 aromatic rings. The number of thiocarbonyl (C=S) groups is 1. The summed E-state index contributed by atoms with van der Waals surface area (Å²) in [7, 11) is 0. The molecule has 0 unspecified atom stereocenters. The average Bonchev–Trinajstić information content (AvgIpc) is 2.93. The summed E-state index contributed by atoms with van der Waals surface area (Å²) in [6.45, 7) is 10.7. The summed E-state index contributed by atoms with van der Waals surface area (Å²) in [4.78, 5) is 14.6. The first kappa shape index (κ1) is 27.1. The SMILES string of the molecule is CC1CCN(c2cc(N3CCC[C@H](C)C3)nc(NC(=S)NCC3(c4ccc(F)cc4)CCOCC3)n2)CC1. The number of ether oxygens (including phenoxy) is 1. The Morgan fingerprint density at radius 2 is 1.68 bits per heavy atom. The second kappa shape index (κ2) is 12.1. The van der Waals surface area contributed by atoms with Gasteiger partial charge >= 0.3 is 0 Å². The van der Waals surface area contributed by atoms with Crippen LogP contribution in [-0.4, -0.2) is 61.0 Å². The number of hydrogen-bond acceptors (Lipinski definition) is 6. The molecule has 3 aliphatic rings. The lowest BCUT2D eigenvalue weighted by Gasteiger charge is -2.38. The molecule has 9 heteroatoms. The lowest BCUT2D eigenvalue weighted by atomic mass is 9.74. The van der Waals surface area contributed by atoms with Gasteiger partial charge in [0.1, 0.15) is 17.5 Å². The lowest BCUT2D eigenvalue weighted by Crippen LogP contribution is -2.45. The van der Waals surface area contributed by atoms with Crippen LogP contribution in [-0.2, 0) is 10.2 Å². The van der Waals surface area contributed by atoms with E-state index in [9.17, 15) is 4.39 Å². The normalized spacial score (nSPS) is 22.2. The fourth-order valence-electron chi connectivity index (χ4n) is 5.97. The van der Waals surface area contributed by atoms with Crippen LogP contribution in [0.5, 0.6) is 0 Å². The Balaban J connectivity index is 1.32. The summed E-state index contributed by atoms with van der Waals surface area (Å²) in [6, 6.07) is 8.99. The van der Waals surface area contributed by atoms with E-state index in [1.165, 1.54) is 37.8 Å². The van der Waals surface area contributed by atoms with Crippen LogP contribution in [0, 0.1) is 17.7 Å². The van der Waals surface area contributed by atoms with E-state index in [2.05, 4.69) is 40.3 Å².